The lowest BCUT2D eigenvalue weighted by atomic mass is 10.0. The van der Waals surface area contributed by atoms with E-state index in [-0.39, 0.29) is 17.5 Å². The van der Waals surface area contributed by atoms with Gasteiger partial charge in [0.15, 0.2) is 0 Å². The van der Waals surface area contributed by atoms with E-state index in [0.29, 0.717) is 13.0 Å². The van der Waals surface area contributed by atoms with Crippen molar-refractivity contribution in [2.24, 2.45) is 0 Å². The number of halogens is 2. The molecular formula is C13H16F2N2O. The Labute approximate surface area is 105 Å². The summed E-state index contributed by atoms with van der Waals surface area (Å²) in [5, 5.41) is 5.70. The molecule has 0 aromatic heterocycles. The molecule has 1 amide bonds. The summed E-state index contributed by atoms with van der Waals surface area (Å²) in [6.45, 7) is 2.32. The third-order valence-electron chi connectivity index (χ3n) is 3.17. The number of rotatable bonds is 3. The summed E-state index contributed by atoms with van der Waals surface area (Å²) in [6, 6.07) is 2.84. The normalized spacial score (nSPS) is 21.5. The van der Waals surface area contributed by atoms with Gasteiger partial charge in [0.1, 0.15) is 11.6 Å². The fourth-order valence-corrected chi connectivity index (χ4v) is 2.24. The number of carbonyl (C=O) groups excluding carboxylic acids is 1. The van der Waals surface area contributed by atoms with Gasteiger partial charge < -0.3 is 5.32 Å². The number of amides is 1. The van der Waals surface area contributed by atoms with Crippen molar-refractivity contribution in [2.45, 2.75) is 31.8 Å². The molecule has 2 unspecified atom stereocenters. The fraction of sp³-hybridized carbons (Fsp3) is 0.462. The molecule has 18 heavy (non-hydrogen) atoms. The minimum atomic E-state index is -0.591. The highest BCUT2D eigenvalue weighted by Crippen LogP contribution is 2.21. The zero-order valence-corrected chi connectivity index (χ0v) is 10.2. The van der Waals surface area contributed by atoms with Crippen molar-refractivity contribution in [3.8, 4) is 0 Å². The summed E-state index contributed by atoms with van der Waals surface area (Å²) in [7, 11) is 0. The summed E-state index contributed by atoms with van der Waals surface area (Å²) < 4.78 is 27.1. The van der Waals surface area contributed by atoms with Crippen LogP contribution in [-0.4, -0.2) is 18.5 Å². The summed E-state index contributed by atoms with van der Waals surface area (Å²) in [6.07, 6.45) is 1.56. The monoisotopic (exact) mass is 254 g/mol. The molecule has 0 spiro atoms. The van der Waals surface area contributed by atoms with Crippen molar-refractivity contribution in [3.05, 3.63) is 35.4 Å². The van der Waals surface area contributed by atoms with E-state index in [9.17, 15) is 13.6 Å². The van der Waals surface area contributed by atoms with Crippen LogP contribution < -0.4 is 10.6 Å². The zero-order chi connectivity index (χ0) is 13.1. The molecule has 98 valence electrons. The molecule has 1 aliphatic rings. The Morgan fingerprint density at radius 3 is 2.67 bits per heavy atom. The second-order valence-corrected chi connectivity index (χ2v) is 4.51. The Morgan fingerprint density at radius 2 is 2.06 bits per heavy atom. The summed E-state index contributed by atoms with van der Waals surface area (Å²) in [5.41, 5.74) is -0.0177. The van der Waals surface area contributed by atoms with Gasteiger partial charge in [-0.3, -0.25) is 10.1 Å². The molecule has 2 atom stereocenters. The van der Waals surface area contributed by atoms with Crippen LogP contribution in [0.2, 0.25) is 0 Å². The second-order valence-electron chi connectivity index (χ2n) is 4.51. The molecule has 1 aromatic rings. The highest BCUT2D eigenvalue weighted by Gasteiger charge is 2.25. The zero-order valence-electron chi connectivity index (χ0n) is 10.2. The van der Waals surface area contributed by atoms with Crippen molar-refractivity contribution >= 4 is 5.91 Å². The van der Waals surface area contributed by atoms with Crippen molar-refractivity contribution in [3.63, 3.8) is 0 Å². The standard InChI is InChI=1S/C13H16F2N2O/c1-8(12-9(14)4-2-5-10(12)15)17-11-6-3-7-16-13(11)18/h2,4-5,8,11,17H,3,6-7H2,1H3,(H,16,18). The van der Waals surface area contributed by atoms with Crippen molar-refractivity contribution in [1.82, 2.24) is 10.6 Å². The van der Waals surface area contributed by atoms with E-state index in [4.69, 9.17) is 0 Å². The highest BCUT2D eigenvalue weighted by atomic mass is 19.1. The van der Waals surface area contributed by atoms with Crippen LogP contribution in [0.25, 0.3) is 0 Å². The van der Waals surface area contributed by atoms with E-state index in [2.05, 4.69) is 10.6 Å². The number of nitrogens with one attached hydrogen (secondary N) is 2. The number of piperidine rings is 1. The molecule has 2 rings (SSSR count). The van der Waals surface area contributed by atoms with E-state index in [1.807, 2.05) is 0 Å². The number of carbonyl (C=O) groups is 1. The number of hydrogen-bond acceptors (Lipinski definition) is 2. The van der Waals surface area contributed by atoms with Gasteiger partial charge in [0.05, 0.1) is 6.04 Å². The molecule has 0 saturated carbocycles. The van der Waals surface area contributed by atoms with Crippen molar-refractivity contribution < 1.29 is 13.6 Å². The second kappa shape index (κ2) is 5.44. The molecule has 0 bridgehead atoms. The van der Waals surface area contributed by atoms with Crippen LogP contribution in [0.5, 0.6) is 0 Å². The quantitative estimate of drug-likeness (QED) is 0.865. The lowest BCUT2D eigenvalue weighted by molar-refractivity contribution is -0.124. The molecule has 0 aliphatic carbocycles. The summed E-state index contributed by atoms with van der Waals surface area (Å²) in [4.78, 5) is 11.6. The topological polar surface area (TPSA) is 41.1 Å². The lowest BCUT2D eigenvalue weighted by Gasteiger charge is -2.26. The lowest BCUT2D eigenvalue weighted by Crippen LogP contribution is -2.49. The van der Waals surface area contributed by atoms with Gasteiger partial charge in [-0.2, -0.15) is 0 Å². The third kappa shape index (κ3) is 2.67. The average molecular weight is 254 g/mol. The van der Waals surface area contributed by atoms with Crippen LogP contribution >= 0.6 is 0 Å². The average Bonchev–Trinajstić information content (AvgIpc) is 2.32. The first-order valence-electron chi connectivity index (χ1n) is 6.07. The first kappa shape index (κ1) is 13.0. The molecule has 1 heterocycles. The van der Waals surface area contributed by atoms with E-state index < -0.39 is 17.7 Å². The Balaban J connectivity index is 2.11. The Morgan fingerprint density at radius 1 is 1.39 bits per heavy atom. The maximum Gasteiger partial charge on any atom is 0.237 e. The van der Waals surface area contributed by atoms with Crippen LogP contribution in [0.1, 0.15) is 31.4 Å². The maximum atomic E-state index is 13.6. The molecule has 0 radical (unpaired) electrons. The first-order chi connectivity index (χ1) is 8.59. The third-order valence-corrected chi connectivity index (χ3v) is 3.17. The first-order valence-corrected chi connectivity index (χ1v) is 6.07. The van der Waals surface area contributed by atoms with Gasteiger partial charge >= 0.3 is 0 Å². The van der Waals surface area contributed by atoms with Gasteiger partial charge in [-0.25, -0.2) is 8.78 Å². The van der Waals surface area contributed by atoms with Crippen LogP contribution in [0.15, 0.2) is 18.2 Å². The molecule has 1 saturated heterocycles. The predicted molar refractivity (Wildman–Crippen MR) is 63.9 cm³/mol. The summed E-state index contributed by atoms with van der Waals surface area (Å²) >= 11 is 0. The maximum absolute atomic E-state index is 13.6. The Kier molecular flexibility index (Phi) is 3.91. The van der Waals surface area contributed by atoms with Gasteiger partial charge in [0.25, 0.3) is 0 Å². The molecule has 2 N–H and O–H groups in total. The molecule has 1 fully saturated rings. The van der Waals surface area contributed by atoms with E-state index in [1.165, 1.54) is 18.2 Å². The Hall–Kier alpha value is -1.49. The van der Waals surface area contributed by atoms with Gasteiger partial charge in [-0.15, -0.1) is 0 Å². The smallest absolute Gasteiger partial charge is 0.237 e. The van der Waals surface area contributed by atoms with Gasteiger partial charge in [-0.05, 0) is 31.9 Å². The van der Waals surface area contributed by atoms with Gasteiger partial charge in [-0.1, -0.05) is 6.07 Å². The van der Waals surface area contributed by atoms with E-state index >= 15 is 0 Å². The van der Waals surface area contributed by atoms with E-state index in [1.54, 1.807) is 6.92 Å². The van der Waals surface area contributed by atoms with Crippen LogP contribution in [0, 0.1) is 11.6 Å². The van der Waals surface area contributed by atoms with Gasteiger partial charge in [0.2, 0.25) is 5.91 Å². The Bertz CT molecular complexity index is 430. The minimum Gasteiger partial charge on any atom is -0.355 e. The van der Waals surface area contributed by atoms with Crippen molar-refractivity contribution in [1.29, 1.82) is 0 Å². The fourth-order valence-electron chi connectivity index (χ4n) is 2.24. The van der Waals surface area contributed by atoms with E-state index in [0.717, 1.165) is 6.42 Å². The minimum absolute atomic E-state index is 0.0177. The van der Waals surface area contributed by atoms with Crippen molar-refractivity contribution in [2.75, 3.05) is 6.54 Å². The number of benzene rings is 1. The van der Waals surface area contributed by atoms with Crippen LogP contribution in [0.3, 0.4) is 0 Å². The van der Waals surface area contributed by atoms with Crippen LogP contribution in [0.4, 0.5) is 8.78 Å². The number of hydrogen-bond donors (Lipinski definition) is 2. The molecule has 5 heteroatoms. The molecule has 1 aromatic carbocycles. The largest absolute Gasteiger partial charge is 0.355 e. The molecule has 1 aliphatic heterocycles. The molecule has 3 nitrogen and oxygen atoms in total. The summed E-state index contributed by atoms with van der Waals surface area (Å²) in [5.74, 6) is -1.29. The van der Waals surface area contributed by atoms with Crippen LogP contribution in [-0.2, 0) is 4.79 Å². The SMILES string of the molecule is CC(NC1CCCNC1=O)c1c(F)cccc1F. The molecular weight excluding hydrogens is 238 g/mol. The highest BCUT2D eigenvalue weighted by molar-refractivity contribution is 5.82. The van der Waals surface area contributed by atoms with Gasteiger partial charge in [0, 0.05) is 18.2 Å². The predicted octanol–water partition coefficient (Wildman–Crippen LogP) is 1.89.